The predicted octanol–water partition coefficient (Wildman–Crippen LogP) is 2.38. The van der Waals surface area contributed by atoms with Gasteiger partial charge in [0.15, 0.2) is 11.7 Å². The molecule has 6 heteroatoms. The minimum Gasteiger partial charge on any atom is -0.479 e. The van der Waals surface area contributed by atoms with Crippen LogP contribution in [0.4, 0.5) is 0 Å². The average molecular weight is 326 g/mol. The SMILES string of the molecule is O=C(O)C1c2ccccc2CCN1C(=O)c1noc2c1CCCC2. The Balaban J connectivity index is 1.72. The van der Waals surface area contributed by atoms with Crippen molar-refractivity contribution in [2.75, 3.05) is 6.54 Å². The molecule has 1 aliphatic carbocycles. The minimum absolute atomic E-state index is 0.287. The van der Waals surface area contributed by atoms with Crippen molar-refractivity contribution in [1.82, 2.24) is 10.1 Å². The fraction of sp³-hybridized carbons (Fsp3) is 0.389. The molecule has 0 spiro atoms. The van der Waals surface area contributed by atoms with E-state index in [1.54, 1.807) is 12.1 Å². The van der Waals surface area contributed by atoms with Gasteiger partial charge >= 0.3 is 5.97 Å². The Morgan fingerprint density at radius 2 is 1.96 bits per heavy atom. The molecule has 0 radical (unpaired) electrons. The highest BCUT2D eigenvalue weighted by Gasteiger charge is 2.38. The fourth-order valence-electron chi connectivity index (χ4n) is 3.74. The van der Waals surface area contributed by atoms with Crippen molar-refractivity contribution in [3.63, 3.8) is 0 Å². The summed E-state index contributed by atoms with van der Waals surface area (Å²) in [5, 5.41) is 13.7. The van der Waals surface area contributed by atoms with E-state index in [0.717, 1.165) is 42.6 Å². The van der Waals surface area contributed by atoms with Crippen LogP contribution in [0, 0.1) is 0 Å². The third-order valence-corrected chi connectivity index (χ3v) is 4.93. The minimum atomic E-state index is -1.02. The average Bonchev–Trinajstić information content (AvgIpc) is 3.04. The second kappa shape index (κ2) is 5.78. The number of benzene rings is 1. The van der Waals surface area contributed by atoms with Gasteiger partial charge in [-0.1, -0.05) is 29.4 Å². The number of fused-ring (bicyclic) bond motifs is 2. The van der Waals surface area contributed by atoms with Crippen LogP contribution in [0.15, 0.2) is 28.8 Å². The van der Waals surface area contributed by atoms with Gasteiger partial charge in [-0.25, -0.2) is 4.79 Å². The van der Waals surface area contributed by atoms with Crippen LogP contribution >= 0.6 is 0 Å². The lowest BCUT2D eigenvalue weighted by Gasteiger charge is -2.34. The maximum Gasteiger partial charge on any atom is 0.331 e. The third-order valence-electron chi connectivity index (χ3n) is 4.93. The van der Waals surface area contributed by atoms with Gasteiger partial charge in [-0.2, -0.15) is 0 Å². The summed E-state index contributed by atoms with van der Waals surface area (Å²) in [5.41, 5.74) is 2.81. The van der Waals surface area contributed by atoms with Crippen molar-refractivity contribution in [2.24, 2.45) is 0 Å². The Bertz CT molecular complexity index is 811. The van der Waals surface area contributed by atoms with Gasteiger partial charge in [-0.15, -0.1) is 0 Å². The molecule has 1 unspecified atom stereocenters. The number of hydrogen-bond donors (Lipinski definition) is 1. The molecule has 1 N–H and O–H groups in total. The number of nitrogens with zero attached hydrogens (tertiary/aromatic N) is 2. The van der Waals surface area contributed by atoms with Gasteiger partial charge in [0.05, 0.1) is 0 Å². The van der Waals surface area contributed by atoms with Crippen LogP contribution in [0.5, 0.6) is 0 Å². The van der Waals surface area contributed by atoms with Crippen molar-refractivity contribution >= 4 is 11.9 Å². The Morgan fingerprint density at radius 3 is 2.79 bits per heavy atom. The monoisotopic (exact) mass is 326 g/mol. The van der Waals surface area contributed by atoms with Crippen LogP contribution in [-0.2, 0) is 24.1 Å². The highest BCUT2D eigenvalue weighted by Crippen LogP contribution is 2.33. The van der Waals surface area contributed by atoms with E-state index in [4.69, 9.17) is 4.52 Å². The zero-order valence-corrected chi connectivity index (χ0v) is 13.2. The maximum absolute atomic E-state index is 13.0. The first-order valence-electron chi connectivity index (χ1n) is 8.26. The number of carboxylic acids is 1. The first-order chi connectivity index (χ1) is 11.7. The second-order valence-corrected chi connectivity index (χ2v) is 6.33. The first kappa shape index (κ1) is 14.9. The van der Waals surface area contributed by atoms with E-state index < -0.39 is 12.0 Å². The highest BCUT2D eigenvalue weighted by molar-refractivity contribution is 5.97. The molecular formula is C18H18N2O4. The van der Waals surface area contributed by atoms with E-state index in [2.05, 4.69) is 5.16 Å². The van der Waals surface area contributed by atoms with Crippen molar-refractivity contribution < 1.29 is 19.2 Å². The molecule has 0 saturated carbocycles. The molecule has 24 heavy (non-hydrogen) atoms. The standard InChI is InChI=1S/C18H18N2O4/c21-17(15-13-7-3-4-8-14(13)24-19-15)20-10-9-11-5-1-2-6-12(11)16(20)18(22)23/h1-2,5-6,16H,3-4,7-10H2,(H,22,23). The van der Waals surface area contributed by atoms with Crippen molar-refractivity contribution in [3.8, 4) is 0 Å². The summed E-state index contributed by atoms with van der Waals surface area (Å²) < 4.78 is 5.32. The molecule has 1 aromatic heterocycles. The number of aromatic nitrogens is 1. The van der Waals surface area contributed by atoms with E-state index >= 15 is 0 Å². The summed E-state index contributed by atoms with van der Waals surface area (Å²) in [6.45, 7) is 0.369. The summed E-state index contributed by atoms with van der Waals surface area (Å²) in [6.07, 6.45) is 4.24. The smallest absolute Gasteiger partial charge is 0.331 e. The highest BCUT2D eigenvalue weighted by atomic mass is 16.5. The summed E-state index contributed by atoms with van der Waals surface area (Å²) in [5.74, 6) is -0.592. The summed E-state index contributed by atoms with van der Waals surface area (Å²) in [7, 11) is 0. The van der Waals surface area contributed by atoms with Gasteiger partial charge in [0.1, 0.15) is 5.76 Å². The van der Waals surface area contributed by atoms with E-state index in [1.807, 2.05) is 12.1 Å². The van der Waals surface area contributed by atoms with Crippen molar-refractivity contribution in [1.29, 1.82) is 0 Å². The topological polar surface area (TPSA) is 83.6 Å². The molecule has 2 aromatic rings. The molecular weight excluding hydrogens is 308 g/mol. The Morgan fingerprint density at radius 1 is 1.17 bits per heavy atom. The Hall–Kier alpha value is -2.63. The number of carboxylic acid groups (broad SMARTS) is 1. The van der Waals surface area contributed by atoms with Gasteiger partial charge < -0.3 is 14.5 Å². The van der Waals surface area contributed by atoms with Gasteiger partial charge in [0.2, 0.25) is 0 Å². The van der Waals surface area contributed by atoms with Gasteiger partial charge in [0.25, 0.3) is 5.91 Å². The van der Waals surface area contributed by atoms with Crippen molar-refractivity contribution in [2.45, 2.75) is 38.1 Å². The quantitative estimate of drug-likeness (QED) is 0.916. The zero-order chi connectivity index (χ0) is 16.7. The number of carbonyl (C=O) groups is 2. The normalized spacial score (nSPS) is 19.5. The molecule has 2 aliphatic rings. The Kier molecular flexibility index (Phi) is 3.59. The largest absolute Gasteiger partial charge is 0.479 e. The Labute approximate surface area is 139 Å². The third kappa shape index (κ3) is 2.29. The van der Waals surface area contributed by atoms with Crippen LogP contribution in [0.1, 0.15) is 51.8 Å². The van der Waals surface area contributed by atoms with Crippen LogP contribution < -0.4 is 0 Å². The number of hydrogen-bond acceptors (Lipinski definition) is 4. The molecule has 0 bridgehead atoms. The number of rotatable bonds is 2. The summed E-state index contributed by atoms with van der Waals surface area (Å²) in [6, 6.07) is 6.43. The number of amides is 1. The molecule has 1 aromatic carbocycles. The number of aryl methyl sites for hydroxylation is 1. The second-order valence-electron chi connectivity index (χ2n) is 6.33. The van der Waals surface area contributed by atoms with Gasteiger partial charge in [0, 0.05) is 18.5 Å². The van der Waals surface area contributed by atoms with Crippen LogP contribution in [0.3, 0.4) is 0 Å². The first-order valence-corrected chi connectivity index (χ1v) is 8.26. The van der Waals surface area contributed by atoms with E-state index in [0.29, 0.717) is 18.5 Å². The predicted molar refractivity (Wildman–Crippen MR) is 84.7 cm³/mol. The zero-order valence-electron chi connectivity index (χ0n) is 13.2. The molecule has 0 saturated heterocycles. The maximum atomic E-state index is 13.0. The van der Waals surface area contributed by atoms with E-state index in [1.165, 1.54) is 4.90 Å². The van der Waals surface area contributed by atoms with Crippen molar-refractivity contribution in [3.05, 3.63) is 52.4 Å². The number of carbonyl (C=O) groups excluding carboxylic acids is 1. The summed E-state index contributed by atoms with van der Waals surface area (Å²) >= 11 is 0. The van der Waals surface area contributed by atoms with Crippen LogP contribution in [-0.4, -0.2) is 33.6 Å². The van der Waals surface area contributed by atoms with E-state index in [-0.39, 0.29) is 11.6 Å². The molecule has 4 rings (SSSR count). The molecule has 2 heterocycles. The lowest BCUT2D eigenvalue weighted by Crippen LogP contribution is -2.44. The lowest BCUT2D eigenvalue weighted by molar-refractivity contribution is -0.143. The fourth-order valence-corrected chi connectivity index (χ4v) is 3.74. The van der Waals surface area contributed by atoms with Crippen LogP contribution in [0.2, 0.25) is 0 Å². The molecule has 1 amide bonds. The molecule has 1 atom stereocenters. The number of aliphatic carboxylic acids is 1. The molecule has 124 valence electrons. The van der Waals surface area contributed by atoms with E-state index in [9.17, 15) is 14.7 Å². The lowest BCUT2D eigenvalue weighted by atomic mass is 9.91. The molecule has 0 fully saturated rings. The van der Waals surface area contributed by atoms with Crippen LogP contribution in [0.25, 0.3) is 0 Å². The summed E-state index contributed by atoms with van der Waals surface area (Å²) in [4.78, 5) is 26.3. The molecule has 6 nitrogen and oxygen atoms in total. The van der Waals surface area contributed by atoms with Gasteiger partial charge in [-0.3, -0.25) is 4.79 Å². The van der Waals surface area contributed by atoms with Gasteiger partial charge in [-0.05, 0) is 36.8 Å². The molecule has 1 aliphatic heterocycles.